The fourth-order valence-corrected chi connectivity index (χ4v) is 6.78. The zero-order valence-electron chi connectivity index (χ0n) is 23.2. The summed E-state index contributed by atoms with van der Waals surface area (Å²) >= 11 is 3.37. The Bertz CT molecular complexity index is 1760. The molecule has 0 spiro atoms. The summed E-state index contributed by atoms with van der Waals surface area (Å²) in [6.45, 7) is -0.339. The van der Waals surface area contributed by atoms with E-state index in [1.807, 2.05) is 6.08 Å². The predicted octanol–water partition coefficient (Wildman–Crippen LogP) is 5.84. The summed E-state index contributed by atoms with van der Waals surface area (Å²) in [5, 5.41) is 15.6. The Kier molecular flexibility index (Phi) is 7.16. The molecular weight excluding hydrogens is 634 g/mol. The molecule has 3 heterocycles. The average Bonchev–Trinajstić information content (AvgIpc) is 3.68. The quantitative estimate of drug-likeness (QED) is 0.322. The topological polar surface area (TPSA) is 98.0 Å². The molecule has 0 bridgehead atoms. The highest BCUT2D eigenvalue weighted by Gasteiger charge is 2.55. The highest BCUT2D eigenvalue weighted by molar-refractivity contribution is 9.10. The smallest absolute Gasteiger partial charge is 0.264 e. The molecule has 7 rings (SSSR count). The number of allylic oxidation sites excluding steroid dienone is 1. The van der Waals surface area contributed by atoms with Crippen molar-refractivity contribution in [2.45, 2.75) is 37.4 Å². The minimum Gasteiger partial charge on any atom is -0.271 e. The van der Waals surface area contributed by atoms with Crippen LogP contribution in [0.4, 0.5) is 14.5 Å². The summed E-state index contributed by atoms with van der Waals surface area (Å²) in [6.07, 6.45) is 4.30. The van der Waals surface area contributed by atoms with Crippen LogP contribution in [0, 0.1) is 17.6 Å². The van der Waals surface area contributed by atoms with Gasteiger partial charge in [-0.1, -0.05) is 51.5 Å². The lowest BCUT2D eigenvalue weighted by molar-refractivity contribution is -0.136. The van der Waals surface area contributed by atoms with Gasteiger partial charge in [-0.2, -0.15) is 10.2 Å². The van der Waals surface area contributed by atoms with Crippen molar-refractivity contribution in [1.29, 1.82) is 0 Å². The van der Waals surface area contributed by atoms with Crippen LogP contribution in [0.15, 0.2) is 98.3 Å². The van der Waals surface area contributed by atoms with E-state index in [9.17, 15) is 23.2 Å². The second-order valence-electron chi connectivity index (χ2n) is 11.1. The molecule has 1 saturated heterocycles. The summed E-state index contributed by atoms with van der Waals surface area (Å²) in [6, 6.07) is 16.4. The standard InChI is InChI=1S/C32H25BrF2N6O3/c33-21-4-2-5-24(16-21)40-31(43)28-30(32(40)44)39(38-36-28)17-26(42)41-29(19-9-13-23(35)14-10-19)25-6-1-3-20(27(25)37-41)15-18-7-11-22(34)12-8-18/h2,4-5,7-16,25,28-30H,1,3,6,17H2/b20-15+/t25-,28+,29-,30+/m1/s1. The van der Waals surface area contributed by atoms with Crippen LogP contribution in [0.1, 0.15) is 36.4 Å². The maximum Gasteiger partial charge on any atom is 0.264 e. The summed E-state index contributed by atoms with van der Waals surface area (Å²) in [5.74, 6) is -2.35. The third-order valence-corrected chi connectivity index (χ3v) is 8.89. The van der Waals surface area contributed by atoms with Crippen LogP contribution < -0.4 is 4.90 Å². The molecule has 3 amide bonds. The fourth-order valence-electron chi connectivity index (χ4n) is 6.40. The second kappa shape index (κ2) is 11.2. The Hall–Kier alpha value is -4.58. The van der Waals surface area contributed by atoms with Crippen molar-refractivity contribution in [3.63, 3.8) is 0 Å². The molecule has 12 heteroatoms. The van der Waals surface area contributed by atoms with E-state index in [1.165, 1.54) is 34.3 Å². The lowest BCUT2D eigenvalue weighted by Crippen LogP contribution is -2.45. The first kappa shape index (κ1) is 28.2. The Morgan fingerprint density at radius 2 is 1.68 bits per heavy atom. The number of carbonyl (C=O) groups is 3. The molecule has 222 valence electrons. The second-order valence-corrected chi connectivity index (χ2v) is 12.0. The molecule has 0 N–H and O–H groups in total. The van der Waals surface area contributed by atoms with Crippen LogP contribution in [0.3, 0.4) is 0 Å². The molecule has 1 aliphatic carbocycles. The highest BCUT2D eigenvalue weighted by Crippen LogP contribution is 2.45. The number of nitrogens with zero attached hydrogens (tertiary/aromatic N) is 6. The van der Waals surface area contributed by atoms with E-state index in [-0.39, 0.29) is 18.3 Å². The number of imide groups is 1. The van der Waals surface area contributed by atoms with Crippen molar-refractivity contribution < 1.29 is 23.2 Å². The van der Waals surface area contributed by atoms with Gasteiger partial charge in [-0.3, -0.25) is 19.4 Å². The van der Waals surface area contributed by atoms with Crippen LogP contribution in [0.2, 0.25) is 0 Å². The number of hydrazone groups is 1. The van der Waals surface area contributed by atoms with E-state index in [0.29, 0.717) is 10.2 Å². The molecule has 0 unspecified atom stereocenters. The summed E-state index contributed by atoms with van der Waals surface area (Å²) < 4.78 is 28.1. The first-order chi connectivity index (χ1) is 21.3. The monoisotopic (exact) mass is 658 g/mol. The van der Waals surface area contributed by atoms with Gasteiger partial charge in [0.05, 0.1) is 17.4 Å². The van der Waals surface area contributed by atoms with Crippen LogP contribution in [-0.4, -0.2) is 52.1 Å². The Morgan fingerprint density at radius 1 is 0.955 bits per heavy atom. The number of hydrogen-bond acceptors (Lipinski definition) is 7. The molecule has 0 radical (unpaired) electrons. The molecule has 4 atom stereocenters. The maximum atomic E-state index is 14.0. The van der Waals surface area contributed by atoms with Gasteiger partial charge in [0.1, 0.15) is 18.2 Å². The number of benzene rings is 3. The van der Waals surface area contributed by atoms with Crippen molar-refractivity contribution in [2.24, 2.45) is 21.4 Å². The SMILES string of the molecule is O=C1[C@H]2N=NN(CC(=O)N3N=C4/C(=C/c5ccc(F)cc5)CCC[C@H]4[C@H]3c3ccc(F)cc3)[C@@H]2C(=O)N1c1cccc(Br)c1. The van der Waals surface area contributed by atoms with E-state index in [1.54, 1.807) is 48.5 Å². The molecule has 2 fully saturated rings. The van der Waals surface area contributed by atoms with Gasteiger partial charge >= 0.3 is 0 Å². The van der Waals surface area contributed by atoms with Gasteiger partial charge < -0.3 is 0 Å². The third kappa shape index (κ3) is 4.92. The zero-order valence-corrected chi connectivity index (χ0v) is 24.8. The van der Waals surface area contributed by atoms with E-state index in [2.05, 4.69) is 26.3 Å². The minimum absolute atomic E-state index is 0.153. The van der Waals surface area contributed by atoms with Gasteiger partial charge in [0.2, 0.25) is 0 Å². The van der Waals surface area contributed by atoms with E-state index < -0.39 is 41.7 Å². The zero-order chi connectivity index (χ0) is 30.5. The molecule has 1 saturated carbocycles. The van der Waals surface area contributed by atoms with Gasteiger partial charge in [-0.05, 0) is 84.5 Å². The predicted molar refractivity (Wildman–Crippen MR) is 161 cm³/mol. The van der Waals surface area contributed by atoms with Gasteiger partial charge in [-0.15, -0.1) is 0 Å². The normalized spacial score (nSPS) is 25.1. The van der Waals surface area contributed by atoms with Crippen molar-refractivity contribution in [1.82, 2.24) is 10.0 Å². The molecule has 0 aromatic heterocycles. The van der Waals surface area contributed by atoms with Gasteiger partial charge in [0.15, 0.2) is 12.1 Å². The summed E-state index contributed by atoms with van der Waals surface area (Å²) in [5.41, 5.74) is 3.63. The van der Waals surface area contributed by atoms with Gasteiger partial charge in [0.25, 0.3) is 17.7 Å². The molecule has 3 aliphatic heterocycles. The highest BCUT2D eigenvalue weighted by atomic mass is 79.9. The van der Waals surface area contributed by atoms with Crippen molar-refractivity contribution in [2.75, 3.05) is 11.4 Å². The van der Waals surface area contributed by atoms with Crippen LogP contribution >= 0.6 is 15.9 Å². The largest absolute Gasteiger partial charge is 0.271 e. The molecule has 9 nitrogen and oxygen atoms in total. The summed E-state index contributed by atoms with van der Waals surface area (Å²) in [4.78, 5) is 41.7. The van der Waals surface area contributed by atoms with Crippen molar-refractivity contribution >= 4 is 51.1 Å². The van der Waals surface area contributed by atoms with Crippen LogP contribution in [0.5, 0.6) is 0 Å². The lowest BCUT2D eigenvalue weighted by atomic mass is 9.77. The summed E-state index contributed by atoms with van der Waals surface area (Å²) in [7, 11) is 0. The van der Waals surface area contributed by atoms with Gasteiger partial charge in [-0.25, -0.2) is 18.7 Å². The average molecular weight is 659 g/mol. The number of hydrogen-bond donors (Lipinski definition) is 0. The first-order valence-electron chi connectivity index (χ1n) is 14.2. The molecule has 4 aliphatic rings. The maximum absolute atomic E-state index is 14.0. The van der Waals surface area contributed by atoms with Crippen LogP contribution in [-0.2, 0) is 14.4 Å². The van der Waals surface area contributed by atoms with Crippen molar-refractivity contribution in [3.8, 4) is 0 Å². The molecule has 3 aromatic carbocycles. The van der Waals surface area contributed by atoms with Gasteiger partial charge in [0, 0.05) is 10.4 Å². The number of anilines is 1. The van der Waals surface area contributed by atoms with Crippen molar-refractivity contribution in [3.05, 3.63) is 106 Å². The third-order valence-electron chi connectivity index (χ3n) is 8.40. The molecule has 3 aromatic rings. The molecular formula is C32H25BrF2N6O3. The Labute approximate surface area is 259 Å². The van der Waals surface area contributed by atoms with Crippen LogP contribution in [0.25, 0.3) is 6.08 Å². The van der Waals surface area contributed by atoms with E-state index >= 15 is 0 Å². The number of carbonyl (C=O) groups excluding carboxylic acids is 3. The molecule has 44 heavy (non-hydrogen) atoms. The number of halogens is 3. The van der Waals surface area contributed by atoms with E-state index in [4.69, 9.17) is 5.10 Å². The minimum atomic E-state index is -1.06. The number of fused-ring (bicyclic) bond motifs is 2. The number of rotatable bonds is 5. The Morgan fingerprint density at radius 3 is 2.41 bits per heavy atom. The van der Waals surface area contributed by atoms with E-state index in [0.717, 1.165) is 46.6 Å². The first-order valence-corrected chi connectivity index (χ1v) is 15.0. The Balaban J connectivity index is 1.19. The number of amides is 3. The lowest BCUT2D eigenvalue weighted by Gasteiger charge is -2.30. The fraction of sp³-hybridized carbons (Fsp3) is 0.250.